The highest BCUT2D eigenvalue weighted by atomic mass is 35.5. The van der Waals surface area contributed by atoms with Gasteiger partial charge in [-0.25, -0.2) is 0 Å². The molecule has 8 heteroatoms. The predicted octanol–water partition coefficient (Wildman–Crippen LogP) is 8.86. The second-order valence-corrected chi connectivity index (χ2v) is 10.3. The molecule has 0 aliphatic heterocycles. The van der Waals surface area contributed by atoms with Gasteiger partial charge in [0.2, 0.25) is 0 Å². The van der Waals surface area contributed by atoms with E-state index in [1.54, 1.807) is 42.5 Å². The van der Waals surface area contributed by atoms with Crippen LogP contribution >= 0.6 is 23.2 Å². The number of nitrogens with one attached hydrogen (secondary N) is 1. The molecule has 0 aliphatic rings. The lowest BCUT2D eigenvalue weighted by atomic mass is 10.1. The number of benzene rings is 5. The fourth-order valence-electron chi connectivity index (χ4n) is 4.46. The molecule has 0 unspecified atom stereocenters. The molecule has 0 aromatic heterocycles. The number of fused-ring (bicyclic) bond motifs is 1. The second-order valence-electron chi connectivity index (χ2n) is 9.49. The summed E-state index contributed by atoms with van der Waals surface area (Å²) in [5, 5.41) is 15.6. The van der Waals surface area contributed by atoms with E-state index in [0.717, 1.165) is 21.9 Å². The molecule has 5 rings (SSSR count). The van der Waals surface area contributed by atoms with Crippen LogP contribution in [-0.4, -0.2) is 13.0 Å². The number of nitriles is 1. The molecule has 6 nitrogen and oxygen atoms in total. The molecule has 1 N–H and O–H groups in total. The largest absolute Gasteiger partial charge is 0.493 e. The van der Waals surface area contributed by atoms with Crippen LogP contribution in [0.3, 0.4) is 0 Å². The van der Waals surface area contributed by atoms with Crippen molar-refractivity contribution >= 4 is 51.6 Å². The van der Waals surface area contributed by atoms with Gasteiger partial charge in [-0.05, 0) is 70.4 Å². The third kappa shape index (κ3) is 7.28. The van der Waals surface area contributed by atoms with E-state index in [9.17, 15) is 10.1 Å². The molecule has 1 amide bonds. The highest BCUT2D eigenvalue weighted by molar-refractivity contribution is 6.32. The average molecular weight is 610 g/mol. The maximum absolute atomic E-state index is 12.9. The number of anilines is 1. The first kappa shape index (κ1) is 29.5. The normalized spacial score (nSPS) is 11.1. The van der Waals surface area contributed by atoms with Crippen LogP contribution in [0.4, 0.5) is 5.69 Å². The Morgan fingerprint density at radius 2 is 1.53 bits per heavy atom. The maximum atomic E-state index is 12.9. The van der Waals surface area contributed by atoms with Crippen LogP contribution in [-0.2, 0) is 18.0 Å². The number of carbonyl (C=O) groups excluding carboxylic acids is 1. The summed E-state index contributed by atoms with van der Waals surface area (Å²) in [5.74, 6) is 0.787. The van der Waals surface area contributed by atoms with Crippen molar-refractivity contribution in [2.45, 2.75) is 13.2 Å². The molecule has 5 aromatic carbocycles. The second kappa shape index (κ2) is 13.8. The van der Waals surface area contributed by atoms with Gasteiger partial charge in [0.15, 0.2) is 11.5 Å². The van der Waals surface area contributed by atoms with Crippen molar-refractivity contribution in [1.29, 1.82) is 5.26 Å². The summed E-state index contributed by atoms with van der Waals surface area (Å²) < 4.78 is 17.4. The topological polar surface area (TPSA) is 80.6 Å². The first-order valence-corrected chi connectivity index (χ1v) is 14.1. The fraction of sp³-hybridized carbons (Fsp3) is 0.0857. The quantitative estimate of drug-likeness (QED) is 0.126. The molecule has 0 spiro atoms. The van der Waals surface area contributed by atoms with Crippen molar-refractivity contribution in [3.8, 4) is 23.3 Å². The number of nitrogens with zero attached hydrogens (tertiary/aromatic N) is 1. The SMILES string of the molecule is COc1cc(/C=C(\C#N)C(=O)Nc2ccc(OCc3ccccc3Cl)cc2)cc(Cl)c1OCc1cccc2ccccc12. The highest BCUT2D eigenvalue weighted by Crippen LogP contribution is 2.38. The van der Waals surface area contributed by atoms with Gasteiger partial charge in [0.1, 0.15) is 30.6 Å². The molecule has 0 saturated carbocycles. The number of hydrogen-bond acceptors (Lipinski definition) is 5. The number of halogens is 2. The van der Waals surface area contributed by atoms with E-state index in [1.807, 2.05) is 66.7 Å². The molecule has 0 radical (unpaired) electrons. The van der Waals surface area contributed by atoms with Crippen molar-refractivity contribution in [1.82, 2.24) is 0 Å². The summed E-state index contributed by atoms with van der Waals surface area (Å²) in [6.07, 6.45) is 1.44. The van der Waals surface area contributed by atoms with E-state index in [1.165, 1.54) is 13.2 Å². The molecule has 43 heavy (non-hydrogen) atoms. The van der Waals surface area contributed by atoms with Gasteiger partial charge in [-0.3, -0.25) is 4.79 Å². The Kier molecular flexibility index (Phi) is 9.48. The third-order valence-corrected chi connectivity index (χ3v) is 7.29. The minimum absolute atomic E-state index is 0.110. The summed E-state index contributed by atoms with van der Waals surface area (Å²) >= 11 is 12.8. The van der Waals surface area contributed by atoms with Crippen LogP contribution in [0.25, 0.3) is 16.8 Å². The van der Waals surface area contributed by atoms with Crippen molar-refractivity contribution < 1.29 is 19.0 Å². The molecule has 5 aromatic rings. The van der Waals surface area contributed by atoms with Crippen LogP contribution in [0.5, 0.6) is 17.2 Å². The number of hydrogen-bond donors (Lipinski definition) is 1. The van der Waals surface area contributed by atoms with Crippen molar-refractivity contribution in [3.05, 3.63) is 135 Å². The first-order valence-electron chi connectivity index (χ1n) is 13.3. The van der Waals surface area contributed by atoms with Crippen LogP contribution < -0.4 is 19.5 Å². The Bertz CT molecular complexity index is 1840. The Hall–Kier alpha value is -4.96. The summed E-state index contributed by atoms with van der Waals surface area (Å²) in [4.78, 5) is 12.9. The van der Waals surface area contributed by atoms with Gasteiger partial charge in [0.05, 0.1) is 12.1 Å². The minimum atomic E-state index is -0.571. The summed E-state index contributed by atoms with van der Waals surface area (Å²) in [7, 11) is 1.50. The number of methoxy groups -OCH3 is 1. The minimum Gasteiger partial charge on any atom is -0.493 e. The number of ether oxygens (including phenoxy) is 3. The Morgan fingerprint density at radius 1 is 0.837 bits per heavy atom. The van der Waals surface area contributed by atoms with Gasteiger partial charge in [0, 0.05) is 16.3 Å². The smallest absolute Gasteiger partial charge is 0.266 e. The van der Waals surface area contributed by atoms with E-state index in [0.29, 0.717) is 40.1 Å². The van der Waals surface area contributed by atoms with E-state index in [2.05, 4.69) is 5.32 Å². The van der Waals surface area contributed by atoms with Crippen LogP contribution in [0.1, 0.15) is 16.7 Å². The summed E-state index contributed by atoms with van der Waals surface area (Å²) in [6.45, 7) is 0.591. The number of rotatable bonds is 10. The van der Waals surface area contributed by atoms with Gasteiger partial charge in [-0.15, -0.1) is 0 Å². The lowest BCUT2D eigenvalue weighted by Crippen LogP contribution is -2.13. The lowest BCUT2D eigenvalue weighted by molar-refractivity contribution is -0.112. The zero-order chi connectivity index (χ0) is 30.2. The van der Waals surface area contributed by atoms with Crippen LogP contribution in [0.15, 0.2) is 109 Å². The fourth-order valence-corrected chi connectivity index (χ4v) is 4.92. The van der Waals surface area contributed by atoms with Crippen LogP contribution in [0, 0.1) is 11.3 Å². The lowest BCUT2D eigenvalue weighted by Gasteiger charge is -2.14. The van der Waals surface area contributed by atoms with E-state index in [-0.39, 0.29) is 17.2 Å². The van der Waals surface area contributed by atoms with Gasteiger partial charge in [0.25, 0.3) is 5.91 Å². The molecule has 214 valence electrons. The summed E-state index contributed by atoms with van der Waals surface area (Å²) in [5.41, 5.74) is 2.77. The zero-order valence-corrected chi connectivity index (χ0v) is 24.7. The number of amides is 1. The zero-order valence-electron chi connectivity index (χ0n) is 23.1. The van der Waals surface area contributed by atoms with E-state index < -0.39 is 5.91 Å². The van der Waals surface area contributed by atoms with Crippen LogP contribution in [0.2, 0.25) is 10.0 Å². The third-order valence-electron chi connectivity index (χ3n) is 6.64. The Labute approximate surface area is 259 Å². The van der Waals surface area contributed by atoms with E-state index >= 15 is 0 Å². The molecule has 0 atom stereocenters. The molecular formula is C35H26Cl2N2O4. The Balaban J connectivity index is 1.26. The molecule has 0 fully saturated rings. The maximum Gasteiger partial charge on any atom is 0.266 e. The first-order chi connectivity index (χ1) is 20.9. The molecule has 0 saturated heterocycles. The number of carbonyl (C=O) groups is 1. The van der Waals surface area contributed by atoms with Gasteiger partial charge >= 0.3 is 0 Å². The highest BCUT2D eigenvalue weighted by Gasteiger charge is 2.15. The van der Waals surface area contributed by atoms with Crippen molar-refractivity contribution in [3.63, 3.8) is 0 Å². The predicted molar refractivity (Wildman–Crippen MR) is 171 cm³/mol. The van der Waals surface area contributed by atoms with E-state index in [4.69, 9.17) is 37.4 Å². The summed E-state index contributed by atoms with van der Waals surface area (Å²) in [6, 6.07) is 33.6. The van der Waals surface area contributed by atoms with Gasteiger partial charge in [-0.1, -0.05) is 83.9 Å². The monoisotopic (exact) mass is 608 g/mol. The Morgan fingerprint density at radius 3 is 2.30 bits per heavy atom. The van der Waals surface area contributed by atoms with Crippen molar-refractivity contribution in [2.75, 3.05) is 12.4 Å². The van der Waals surface area contributed by atoms with Gasteiger partial charge in [-0.2, -0.15) is 5.26 Å². The van der Waals surface area contributed by atoms with Gasteiger partial charge < -0.3 is 19.5 Å². The molecule has 0 aliphatic carbocycles. The molecule has 0 heterocycles. The molecule has 0 bridgehead atoms. The molecular weight excluding hydrogens is 583 g/mol. The standard InChI is InChI=1S/C35H26Cl2N2O4/c1-41-33-19-23(18-32(37)34(33)43-21-25-10-6-9-24-7-2-4-11-30(24)25)17-27(20-38)35(40)39-28-13-15-29(16-14-28)42-22-26-8-3-5-12-31(26)36/h2-19H,21-22H2,1H3,(H,39,40)/b27-17+. The van der Waals surface area contributed by atoms with Crippen molar-refractivity contribution in [2.24, 2.45) is 0 Å². The average Bonchev–Trinajstić information content (AvgIpc) is 3.03.